The van der Waals surface area contributed by atoms with E-state index in [-0.39, 0.29) is 0 Å². The van der Waals surface area contributed by atoms with Gasteiger partial charge < -0.3 is 10.1 Å². The van der Waals surface area contributed by atoms with Crippen LogP contribution in [0.1, 0.15) is 5.56 Å². The Labute approximate surface area is 134 Å². The minimum atomic E-state index is 0.600. The average Bonchev–Trinajstić information content (AvgIpc) is 2.39. The highest BCUT2D eigenvalue weighted by Crippen LogP contribution is 2.30. The predicted molar refractivity (Wildman–Crippen MR) is 87.2 cm³/mol. The molecule has 0 unspecified atom stereocenters. The Morgan fingerprint density at radius 1 is 1.21 bits per heavy atom. The molecule has 0 aliphatic rings. The number of methoxy groups -OCH3 is 1. The van der Waals surface area contributed by atoms with Crippen LogP contribution in [0.5, 0.6) is 5.75 Å². The summed E-state index contributed by atoms with van der Waals surface area (Å²) in [6.07, 6.45) is 0. The first-order valence-corrected chi connectivity index (χ1v) is 7.58. The summed E-state index contributed by atoms with van der Waals surface area (Å²) < 4.78 is 7.34. The number of halogens is 3. The van der Waals surface area contributed by atoms with Gasteiger partial charge in [-0.25, -0.2) is 0 Å². The Morgan fingerprint density at radius 3 is 2.68 bits per heavy atom. The van der Waals surface area contributed by atoms with E-state index in [1.165, 1.54) is 0 Å². The second-order valence-corrected chi connectivity index (χ2v) is 6.08. The van der Waals surface area contributed by atoms with Crippen LogP contribution >= 0.6 is 43.5 Å². The maximum atomic E-state index is 6.20. The van der Waals surface area contributed by atoms with Gasteiger partial charge in [0, 0.05) is 31.8 Å². The third kappa shape index (κ3) is 3.65. The number of hydrogen-bond acceptors (Lipinski definition) is 2. The lowest BCUT2D eigenvalue weighted by Crippen LogP contribution is -2.03. The molecule has 2 nitrogen and oxygen atoms in total. The van der Waals surface area contributed by atoms with E-state index in [0.717, 1.165) is 25.9 Å². The lowest BCUT2D eigenvalue weighted by Gasteiger charge is -2.13. The normalized spacial score (nSPS) is 10.3. The summed E-state index contributed by atoms with van der Waals surface area (Å²) in [6, 6.07) is 11.6. The van der Waals surface area contributed by atoms with Crippen molar-refractivity contribution in [1.29, 1.82) is 0 Å². The van der Waals surface area contributed by atoms with Gasteiger partial charge in [-0.3, -0.25) is 0 Å². The quantitative estimate of drug-likeness (QED) is 0.727. The summed E-state index contributed by atoms with van der Waals surface area (Å²) >= 11 is 13.1. The molecular formula is C14H12Br2ClNO. The van der Waals surface area contributed by atoms with E-state index in [4.69, 9.17) is 16.3 Å². The van der Waals surface area contributed by atoms with Gasteiger partial charge in [0.25, 0.3) is 0 Å². The molecule has 1 N–H and O–H groups in total. The Bertz CT molecular complexity index is 590. The molecule has 0 aliphatic heterocycles. The minimum Gasteiger partial charge on any atom is -0.496 e. The van der Waals surface area contributed by atoms with Crippen LogP contribution in [0.3, 0.4) is 0 Å². The zero-order valence-electron chi connectivity index (χ0n) is 10.2. The standard InChI is InChI=1S/C14H12Br2ClNO/c1-19-14-4-2-3-12(17)10(14)8-18-13-6-5-9(15)7-11(13)16/h2-7,18H,8H2,1H3. The molecule has 0 aromatic heterocycles. The van der Waals surface area contributed by atoms with Crippen molar-refractivity contribution in [2.24, 2.45) is 0 Å². The predicted octanol–water partition coefficient (Wildman–Crippen LogP) is 5.49. The van der Waals surface area contributed by atoms with Crippen molar-refractivity contribution < 1.29 is 4.74 Å². The van der Waals surface area contributed by atoms with E-state index in [9.17, 15) is 0 Å². The molecule has 2 aromatic rings. The number of hydrogen-bond donors (Lipinski definition) is 1. The molecule has 0 radical (unpaired) electrons. The van der Waals surface area contributed by atoms with Crippen LogP contribution in [-0.2, 0) is 6.54 Å². The molecule has 0 fully saturated rings. The van der Waals surface area contributed by atoms with Crippen LogP contribution < -0.4 is 10.1 Å². The van der Waals surface area contributed by atoms with Gasteiger partial charge >= 0.3 is 0 Å². The van der Waals surface area contributed by atoms with Crippen LogP contribution in [-0.4, -0.2) is 7.11 Å². The maximum Gasteiger partial charge on any atom is 0.125 e. The van der Waals surface area contributed by atoms with Gasteiger partial charge in [-0.05, 0) is 46.3 Å². The molecule has 0 spiro atoms. The molecule has 2 aromatic carbocycles. The summed E-state index contributed by atoms with van der Waals surface area (Å²) in [4.78, 5) is 0. The van der Waals surface area contributed by atoms with Crippen molar-refractivity contribution in [2.75, 3.05) is 12.4 Å². The molecule has 0 saturated carbocycles. The fourth-order valence-corrected chi connectivity index (χ4v) is 3.14. The first-order valence-electron chi connectivity index (χ1n) is 5.62. The van der Waals surface area contributed by atoms with E-state index in [0.29, 0.717) is 11.6 Å². The van der Waals surface area contributed by atoms with E-state index in [1.54, 1.807) is 7.11 Å². The monoisotopic (exact) mass is 403 g/mol. The largest absolute Gasteiger partial charge is 0.496 e. The molecule has 0 atom stereocenters. The van der Waals surface area contributed by atoms with Crippen LogP contribution in [0.25, 0.3) is 0 Å². The van der Waals surface area contributed by atoms with Gasteiger partial charge in [-0.2, -0.15) is 0 Å². The molecule has 0 saturated heterocycles. The molecular weight excluding hydrogens is 393 g/mol. The van der Waals surface area contributed by atoms with Crippen LogP contribution in [0.2, 0.25) is 5.02 Å². The number of nitrogens with one attached hydrogen (secondary N) is 1. The number of ether oxygens (including phenoxy) is 1. The lowest BCUT2D eigenvalue weighted by molar-refractivity contribution is 0.410. The Morgan fingerprint density at radius 2 is 2.00 bits per heavy atom. The second kappa shape index (κ2) is 6.64. The molecule has 0 amide bonds. The summed E-state index contributed by atoms with van der Waals surface area (Å²) in [5, 5.41) is 4.03. The summed E-state index contributed by atoms with van der Waals surface area (Å²) in [5.74, 6) is 0.785. The van der Waals surface area contributed by atoms with Gasteiger partial charge in [0.2, 0.25) is 0 Å². The van der Waals surface area contributed by atoms with E-state index in [2.05, 4.69) is 37.2 Å². The average molecular weight is 406 g/mol. The van der Waals surface area contributed by atoms with Gasteiger partial charge in [-0.1, -0.05) is 33.6 Å². The molecule has 0 aliphatic carbocycles. The van der Waals surface area contributed by atoms with E-state index >= 15 is 0 Å². The first kappa shape index (κ1) is 14.7. The summed E-state index contributed by atoms with van der Waals surface area (Å²) in [5.41, 5.74) is 1.95. The molecule has 0 heterocycles. The second-order valence-electron chi connectivity index (χ2n) is 3.90. The van der Waals surface area contributed by atoms with Crippen LogP contribution in [0.15, 0.2) is 45.3 Å². The zero-order valence-corrected chi connectivity index (χ0v) is 14.1. The van der Waals surface area contributed by atoms with Crippen molar-refractivity contribution >= 4 is 49.1 Å². The Kier molecular flexibility index (Phi) is 5.13. The number of anilines is 1. The smallest absolute Gasteiger partial charge is 0.125 e. The zero-order chi connectivity index (χ0) is 13.8. The lowest BCUT2D eigenvalue weighted by atomic mass is 10.2. The van der Waals surface area contributed by atoms with E-state index in [1.807, 2.05) is 36.4 Å². The first-order chi connectivity index (χ1) is 9.11. The van der Waals surface area contributed by atoms with Gasteiger partial charge in [0.1, 0.15) is 5.75 Å². The highest BCUT2D eigenvalue weighted by molar-refractivity contribution is 9.11. The van der Waals surface area contributed by atoms with Crippen molar-refractivity contribution in [3.05, 3.63) is 55.9 Å². The fourth-order valence-electron chi connectivity index (χ4n) is 1.72. The molecule has 0 bridgehead atoms. The third-order valence-corrected chi connectivity index (χ3v) is 4.19. The Hall–Kier alpha value is -0.710. The van der Waals surface area contributed by atoms with Crippen molar-refractivity contribution in [1.82, 2.24) is 0 Å². The van der Waals surface area contributed by atoms with Gasteiger partial charge in [0.05, 0.1) is 7.11 Å². The highest BCUT2D eigenvalue weighted by Gasteiger charge is 2.08. The third-order valence-electron chi connectivity index (χ3n) is 2.68. The summed E-state index contributed by atoms with van der Waals surface area (Å²) in [7, 11) is 1.64. The topological polar surface area (TPSA) is 21.3 Å². The molecule has 2 rings (SSSR count). The van der Waals surface area contributed by atoms with Crippen molar-refractivity contribution in [3.8, 4) is 5.75 Å². The SMILES string of the molecule is COc1cccc(Cl)c1CNc1ccc(Br)cc1Br. The van der Waals surface area contributed by atoms with Crippen molar-refractivity contribution in [3.63, 3.8) is 0 Å². The minimum absolute atomic E-state index is 0.600. The van der Waals surface area contributed by atoms with Crippen LogP contribution in [0, 0.1) is 0 Å². The fraction of sp³-hybridized carbons (Fsp3) is 0.143. The molecule has 5 heteroatoms. The maximum absolute atomic E-state index is 6.20. The number of benzene rings is 2. The summed E-state index contributed by atoms with van der Waals surface area (Å²) in [6.45, 7) is 0.600. The van der Waals surface area contributed by atoms with Crippen molar-refractivity contribution in [2.45, 2.75) is 6.54 Å². The van der Waals surface area contributed by atoms with Crippen LogP contribution in [0.4, 0.5) is 5.69 Å². The number of rotatable bonds is 4. The van der Waals surface area contributed by atoms with E-state index < -0.39 is 0 Å². The Balaban J connectivity index is 2.19. The molecule has 100 valence electrons. The molecule has 19 heavy (non-hydrogen) atoms. The van der Waals surface area contributed by atoms with Gasteiger partial charge in [-0.15, -0.1) is 0 Å². The highest BCUT2D eigenvalue weighted by atomic mass is 79.9. The van der Waals surface area contributed by atoms with Gasteiger partial charge in [0.15, 0.2) is 0 Å².